The maximum Gasteiger partial charge on any atom is 0.295 e. The first-order valence-electron chi connectivity index (χ1n) is 9.88. The zero-order valence-corrected chi connectivity index (χ0v) is 17.2. The molecule has 0 unspecified atom stereocenters. The lowest BCUT2D eigenvalue weighted by atomic mass is 10.1. The molecule has 4 aromatic rings. The predicted molar refractivity (Wildman–Crippen MR) is 117 cm³/mol. The van der Waals surface area contributed by atoms with E-state index in [0.29, 0.717) is 18.1 Å². The van der Waals surface area contributed by atoms with Crippen molar-refractivity contribution >= 4 is 11.6 Å². The number of halogens is 1. The molecule has 0 aliphatic heterocycles. The number of anilines is 1. The second-order valence-electron chi connectivity index (χ2n) is 6.93. The number of aryl methyl sites for hydroxylation is 1. The summed E-state index contributed by atoms with van der Waals surface area (Å²) in [4.78, 5) is 17.2. The van der Waals surface area contributed by atoms with Crippen LogP contribution in [-0.4, -0.2) is 27.3 Å². The van der Waals surface area contributed by atoms with Gasteiger partial charge in [0.15, 0.2) is 5.82 Å². The van der Waals surface area contributed by atoms with Crippen molar-refractivity contribution < 1.29 is 13.9 Å². The SMILES string of the molecule is CCOc1ccc(-n2nc(C(=O)Nc3cccc(F)c3)nc2-c2ccc(C)cc2)cc1. The summed E-state index contributed by atoms with van der Waals surface area (Å²) < 4.78 is 20.6. The maximum absolute atomic E-state index is 13.5. The quantitative estimate of drug-likeness (QED) is 0.479. The minimum Gasteiger partial charge on any atom is -0.494 e. The van der Waals surface area contributed by atoms with Crippen LogP contribution in [-0.2, 0) is 0 Å². The first kappa shape index (κ1) is 20.3. The van der Waals surface area contributed by atoms with Gasteiger partial charge in [-0.1, -0.05) is 35.9 Å². The molecule has 1 aromatic heterocycles. The van der Waals surface area contributed by atoms with Gasteiger partial charge in [-0.15, -0.1) is 5.10 Å². The van der Waals surface area contributed by atoms with Crippen molar-refractivity contribution in [3.05, 3.63) is 90.0 Å². The molecule has 0 saturated heterocycles. The van der Waals surface area contributed by atoms with Gasteiger partial charge in [0.25, 0.3) is 5.91 Å². The summed E-state index contributed by atoms with van der Waals surface area (Å²) in [5, 5.41) is 7.07. The Hall–Kier alpha value is -4.00. The molecule has 3 aromatic carbocycles. The number of benzene rings is 3. The molecule has 0 aliphatic rings. The summed E-state index contributed by atoms with van der Waals surface area (Å²) >= 11 is 0. The molecule has 0 radical (unpaired) electrons. The van der Waals surface area contributed by atoms with Crippen molar-refractivity contribution in [1.82, 2.24) is 14.8 Å². The standard InChI is InChI=1S/C24H21FN4O2/c1-3-31-21-13-11-20(12-14-21)29-23(17-9-7-16(2)8-10-17)27-22(28-29)24(30)26-19-6-4-5-18(25)15-19/h4-15H,3H2,1-2H3,(H,26,30). The molecule has 4 rings (SSSR count). The molecule has 7 heteroatoms. The second-order valence-corrected chi connectivity index (χ2v) is 6.93. The molecule has 0 atom stereocenters. The van der Waals surface area contributed by atoms with Crippen molar-refractivity contribution in [2.24, 2.45) is 0 Å². The van der Waals surface area contributed by atoms with E-state index in [9.17, 15) is 9.18 Å². The van der Waals surface area contributed by atoms with Crippen LogP contribution in [0.25, 0.3) is 17.1 Å². The van der Waals surface area contributed by atoms with E-state index in [1.165, 1.54) is 18.2 Å². The topological polar surface area (TPSA) is 69.0 Å². The van der Waals surface area contributed by atoms with Gasteiger partial charge in [0.2, 0.25) is 5.82 Å². The van der Waals surface area contributed by atoms with E-state index in [1.54, 1.807) is 10.7 Å². The predicted octanol–water partition coefficient (Wildman–Crippen LogP) is 5.03. The summed E-state index contributed by atoms with van der Waals surface area (Å²) in [6, 6.07) is 20.9. The average molecular weight is 416 g/mol. The van der Waals surface area contributed by atoms with E-state index < -0.39 is 11.7 Å². The Morgan fingerprint density at radius 1 is 1.06 bits per heavy atom. The number of nitrogens with one attached hydrogen (secondary N) is 1. The summed E-state index contributed by atoms with van der Waals surface area (Å²) in [6.07, 6.45) is 0. The summed E-state index contributed by atoms with van der Waals surface area (Å²) in [5.74, 6) is 0.282. The number of hydrogen-bond donors (Lipinski definition) is 1. The van der Waals surface area contributed by atoms with Crippen LogP contribution in [0, 0.1) is 12.7 Å². The molecule has 156 valence electrons. The van der Waals surface area contributed by atoms with Crippen LogP contribution in [0.15, 0.2) is 72.8 Å². The van der Waals surface area contributed by atoms with Gasteiger partial charge in [-0.25, -0.2) is 14.1 Å². The highest BCUT2D eigenvalue weighted by Gasteiger charge is 2.19. The minimum absolute atomic E-state index is 0.0197. The lowest BCUT2D eigenvalue weighted by molar-refractivity contribution is 0.101. The minimum atomic E-state index is -0.524. The third kappa shape index (κ3) is 4.61. The molecule has 0 saturated carbocycles. The number of nitrogens with zero attached hydrogens (tertiary/aromatic N) is 3. The number of amides is 1. The first-order chi connectivity index (χ1) is 15.0. The number of ether oxygens (including phenoxy) is 1. The highest BCUT2D eigenvalue weighted by Crippen LogP contribution is 2.24. The Morgan fingerprint density at radius 2 is 1.81 bits per heavy atom. The van der Waals surface area contributed by atoms with Gasteiger partial charge in [-0.3, -0.25) is 4.79 Å². The Bertz CT molecular complexity index is 1200. The fraction of sp³-hybridized carbons (Fsp3) is 0.125. The number of carbonyl (C=O) groups is 1. The van der Waals surface area contributed by atoms with Gasteiger partial charge in [-0.2, -0.15) is 0 Å². The molecule has 0 spiro atoms. The van der Waals surface area contributed by atoms with Crippen molar-refractivity contribution in [3.8, 4) is 22.8 Å². The monoisotopic (exact) mass is 416 g/mol. The largest absolute Gasteiger partial charge is 0.494 e. The summed E-state index contributed by atoms with van der Waals surface area (Å²) in [7, 11) is 0. The third-order valence-electron chi connectivity index (χ3n) is 4.59. The first-order valence-corrected chi connectivity index (χ1v) is 9.88. The van der Waals surface area contributed by atoms with Gasteiger partial charge < -0.3 is 10.1 Å². The lowest BCUT2D eigenvalue weighted by Crippen LogP contribution is -2.14. The zero-order valence-electron chi connectivity index (χ0n) is 17.2. The van der Waals surface area contributed by atoms with Crippen molar-refractivity contribution in [2.45, 2.75) is 13.8 Å². The highest BCUT2D eigenvalue weighted by atomic mass is 19.1. The van der Waals surface area contributed by atoms with E-state index in [1.807, 2.05) is 62.4 Å². The molecular formula is C24H21FN4O2. The van der Waals surface area contributed by atoms with E-state index in [2.05, 4.69) is 15.4 Å². The van der Waals surface area contributed by atoms with Gasteiger partial charge in [0.1, 0.15) is 11.6 Å². The van der Waals surface area contributed by atoms with Gasteiger partial charge in [0, 0.05) is 11.3 Å². The Morgan fingerprint density at radius 3 is 2.48 bits per heavy atom. The van der Waals surface area contributed by atoms with Crippen molar-refractivity contribution in [1.29, 1.82) is 0 Å². The van der Waals surface area contributed by atoms with Crippen molar-refractivity contribution in [3.63, 3.8) is 0 Å². The fourth-order valence-electron chi connectivity index (χ4n) is 3.08. The molecule has 1 heterocycles. The molecule has 1 amide bonds. The zero-order chi connectivity index (χ0) is 21.8. The van der Waals surface area contributed by atoms with Gasteiger partial charge in [0.05, 0.1) is 12.3 Å². The van der Waals surface area contributed by atoms with E-state index in [-0.39, 0.29) is 5.82 Å². The van der Waals surface area contributed by atoms with Gasteiger partial charge >= 0.3 is 0 Å². The Kier molecular flexibility index (Phi) is 5.75. The molecule has 0 fully saturated rings. The highest BCUT2D eigenvalue weighted by molar-refractivity contribution is 6.01. The molecule has 0 bridgehead atoms. The van der Waals surface area contributed by atoms with Crippen molar-refractivity contribution in [2.75, 3.05) is 11.9 Å². The van der Waals surface area contributed by atoms with Gasteiger partial charge in [-0.05, 0) is 56.3 Å². The molecular weight excluding hydrogens is 395 g/mol. The number of rotatable bonds is 6. The maximum atomic E-state index is 13.5. The van der Waals surface area contributed by atoms with E-state index in [4.69, 9.17) is 4.74 Å². The smallest absolute Gasteiger partial charge is 0.295 e. The molecule has 1 N–H and O–H groups in total. The van der Waals surface area contributed by atoms with Crippen LogP contribution in [0.4, 0.5) is 10.1 Å². The average Bonchev–Trinajstić information content (AvgIpc) is 3.21. The van der Waals surface area contributed by atoms with E-state index >= 15 is 0 Å². The van der Waals surface area contributed by atoms with E-state index in [0.717, 1.165) is 22.6 Å². The number of carbonyl (C=O) groups excluding carboxylic acids is 1. The Labute approximate surface area is 179 Å². The van der Waals surface area contributed by atoms with Crippen LogP contribution >= 0.6 is 0 Å². The number of hydrogen-bond acceptors (Lipinski definition) is 4. The fourth-order valence-corrected chi connectivity index (χ4v) is 3.08. The third-order valence-corrected chi connectivity index (χ3v) is 4.59. The normalized spacial score (nSPS) is 10.7. The van der Waals surface area contributed by atoms with Crippen LogP contribution in [0.5, 0.6) is 5.75 Å². The summed E-state index contributed by atoms with van der Waals surface area (Å²) in [6.45, 7) is 4.49. The second kappa shape index (κ2) is 8.79. The molecule has 31 heavy (non-hydrogen) atoms. The lowest BCUT2D eigenvalue weighted by Gasteiger charge is -2.08. The Balaban J connectivity index is 1.72. The molecule has 6 nitrogen and oxygen atoms in total. The van der Waals surface area contributed by atoms with Crippen LogP contribution in [0.1, 0.15) is 23.1 Å². The number of aromatic nitrogens is 3. The summed E-state index contributed by atoms with van der Waals surface area (Å²) in [5.41, 5.74) is 2.99. The van der Waals surface area contributed by atoms with Crippen LogP contribution < -0.4 is 10.1 Å². The van der Waals surface area contributed by atoms with Crippen LogP contribution in [0.3, 0.4) is 0 Å². The molecule has 0 aliphatic carbocycles. The van der Waals surface area contributed by atoms with Crippen LogP contribution in [0.2, 0.25) is 0 Å².